The van der Waals surface area contributed by atoms with Crippen LogP contribution >= 0.6 is 12.4 Å². The molecular weight excluding hydrogens is 326 g/mol. The molecule has 0 fully saturated rings. The summed E-state index contributed by atoms with van der Waals surface area (Å²) in [7, 11) is 0. The summed E-state index contributed by atoms with van der Waals surface area (Å²) >= 11 is 0. The number of amides is 2. The fourth-order valence-electron chi connectivity index (χ4n) is 2.05. The van der Waals surface area contributed by atoms with E-state index in [1.165, 1.54) is 0 Å². The van der Waals surface area contributed by atoms with E-state index in [1.807, 2.05) is 46.8 Å². The molecule has 0 bridgehead atoms. The van der Waals surface area contributed by atoms with Gasteiger partial charge in [0.1, 0.15) is 0 Å². The minimum Gasteiger partial charge on any atom is -0.325 e. The average Bonchev–Trinajstić information content (AvgIpc) is 2.41. The molecular formula is C18H30ClN3O2. The lowest BCUT2D eigenvalue weighted by atomic mass is 9.95. The zero-order valence-corrected chi connectivity index (χ0v) is 16.3. The lowest BCUT2D eigenvalue weighted by Crippen LogP contribution is -2.48. The highest BCUT2D eigenvalue weighted by Crippen LogP contribution is 2.24. The molecule has 2 amide bonds. The van der Waals surface area contributed by atoms with Crippen LogP contribution in [0.5, 0.6) is 0 Å². The number of rotatable bonds is 5. The Bertz CT molecular complexity index is 592. The molecule has 0 aliphatic heterocycles. The Morgan fingerprint density at radius 2 is 1.67 bits per heavy atom. The van der Waals surface area contributed by atoms with E-state index in [0.717, 1.165) is 12.0 Å². The molecule has 136 valence electrons. The van der Waals surface area contributed by atoms with Crippen molar-refractivity contribution in [3.63, 3.8) is 0 Å². The Balaban J connectivity index is 0.00000529. The van der Waals surface area contributed by atoms with Gasteiger partial charge in [0.2, 0.25) is 11.8 Å². The molecule has 1 rings (SSSR count). The second kappa shape index (κ2) is 8.49. The van der Waals surface area contributed by atoms with Crippen LogP contribution in [0.15, 0.2) is 18.2 Å². The standard InChI is InChI=1S/C18H29N3O2.ClH/c1-7-10-18(6,19)16(23)20-13-9-8-12(2)14(11-13)21-15(22)17(3,4)5;/h8-9,11H,7,10,19H2,1-6H3,(H,20,23)(H,21,22);1H. The zero-order chi connectivity index (χ0) is 17.8. The van der Waals surface area contributed by atoms with Crippen LogP contribution in [-0.2, 0) is 9.59 Å². The topological polar surface area (TPSA) is 84.2 Å². The van der Waals surface area contributed by atoms with Gasteiger partial charge in [-0.05, 0) is 38.0 Å². The van der Waals surface area contributed by atoms with Crippen molar-refractivity contribution in [2.75, 3.05) is 10.6 Å². The van der Waals surface area contributed by atoms with Crippen molar-refractivity contribution in [3.05, 3.63) is 23.8 Å². The average molecular weight is 356 g/mol. The third-order valence-corrected chi connectivity index (χ3v) is 3.71. The van der Waals surface area contributed by atoms with Crippen LogP contribution in [0, 0.1) is 12.3 Å². The molecule has 0 aliphatic rings. The van der Waals surface area contributed by atoms with Crippen LogP contribution in [0.3, 0.4) is 0 Å². The van der Waals surface area contributed by atoms with E-state index in [1.54, 1.807) is 13.0 Å². The third kappa shape index (κ3) is 6.13. The van der Waals surface area contributed by atoms with Crippen molar-refractivity contribution in [3.8, 4) is 0 Å². The monoisotopic (exact) mass is 355 g/mol. The molecule has 5 nitrogen and oxygen atoms in total. The summed E-state index contributed by atoms with van der Waals surface area (Å²) < 4.78 is 0. The van der Waals surface area contributed by atoms with Gasteiger partial charge >= 0.3 is 0 Å². The Morgan fingerprint density at radius 3 is 2.17 bits per heavy atom. The van der Waals surface area contributed by atoms with E-state index in [9.17, 15) is 9.59 Å². The molecule has 0 aromatic heterocycles. The molecule has 24 heavy (non-hydrogen) atoms. The molecule has 6 heteroatoms. The molecule has 0 saturated carbocycles. The fraction of sp³-hybridized carbons (Fsp3) is 0.556. The van der Waals surface area contributed by atoms with Gasteiger partial charge in [0, 0.05) is 16.8 Å². The number of anilines is 2. The summed E-state index contributed by atoms with van der Waals surface area (Å²) in [5.41, 5.74) is 6.90. The Kier molecular flexibility index (Phi) is 7.93. The zero-order valence-electron chi connectivity index (χ0n) is 15.4. The first-order valence-electron chi connectivity index (χ1n) is 8.00. The highest BCUT2D eigenvalue weighted by atomic mass is 35.5. The largest absolute Gasteiger partial charge is 0.325 e. The molecule has 1 aromatic carbocycles. The molecule has 0 radical (unpaired) electrons. The van der Waals surface area contributed by atoms with Crippen molar-refractivity contribution >= 4 is 35.6 Å². The maximum Gasteiger partial charge on any atom is 0.244 e. The van der Waals surface area contributed by atoms with Crippen molar-refractivity contribution in [1.82, 2.24) is 0 Å². The van der Waals surface area contributed by atoms with Gasteiger partial charge in [-0.15, -0.1) is 12.4 Å². The summed E-state index contributed by atoms with van der Waals surface area (Å²) in [4.78, 5) is 24.4. The van der Waals surface area contributed by atoms with Gasteiger partial charge in [0.15, 0.2) is 0 Å². The maximum absolute atomic E-state index is 12.3. The summed E-state index contributed by atoms with van der Waals surface area (Å²) in [5.74, 6) is -0.296. The summed E-state index contributed by atoms with van der Waals surface area (Å²) in [6.07, 6.45) is 1.44. The summed E-state index contributed by atoms with van der Waals surface area (Å²) in [5, 5.41) is 5.74. The van der Waals surface area contributed by atoms with Gasteiger partial charge in [0.25, 0.3) is 0 Å². The van der Waals surface area contributed by atoms with Crippen molar-refractivity contribution in [2.45, 2.75) is 59.9 Å². The molecule has 0 saturated heterocycles. The van der Waals surface area contributed by atoms with Crippen LogP contribution in [0.25, 0.3) is 0 Å². The number of hydrogen-bond donors (Lipinski definition) is 3. The Labute approximate surface area is 151 Å². The van der Waals surface area contributed by atoms with Crippen molar-refractivity contribution in [2.24, 2.45) is 11.1 Å². The van der Waals surface area contributed by atoms with E-state index in [0.29, 0.717) is 17.8 Å². The van der Waals surface area contributed by atoms with E-state index in [2.05, 4.69) is 10.6 Å². The SMILES string of the molecule is CCCC(C)(N)C(=O)Nc1ccc(C)c(NC(=O)C(C)(C)C)c1.Cl. The lowest BCUT2D eigenvalue weighted by molar-refractivity contribution is -0.123. The van der Waals surface area contributed by atoms with Crippen LogP contribution in [-0.4, -0.2) is 17.4 Å². The van der Waals surface area contributed by atoms with Gasteiger partial charge in [-0.25, -0.2) is 0 Å². The molecule has 0 heterocycles. The van der Waals surface area contributed by atoms with Crippen LogP contribution in [0.2, 0.25) is 0 Å². The maximum atomic E-state index is 12.3. The molecule has 0 aliphatic carbocycles. The van der Waals surface area contributed by atoms with E-state index < -0.39 is 11.0 Å². The third-order valence-electron chi connectivity index (χ3n) is 3.71. The minimum atomic E-state index is -0.908. The Morgan fingerprint density at radius 1 is 1.08 bits per heavy atom. The molecule has 0 spiro atoms. The smallest absolute Gasteiger partial charge is 0.244 e. The van der Waals surface area contributed by atoms with Crippen LogP contribution < -0.4 is 16.4 Å². The summed E-state index contributed by atoms with van der Waals surface area (Å²) in [6, 6.07) is 5.43. The first-order valence-corrected chi connectivity index (χ1v) is 8.00. The van der Waals surface area contributed by atoms with Gasteiger partial charge < -0.3 is 16.4 Å². The number of nitrogens with one attached hydrogen (secondary N) is 2. The van der Waals surface area contributed by atoms with Gasteiger partial charge in [-0.3, -0.25) is 9.59 Å². The predicted octanol–water partition coefficient (Wildman–Crippen LogP) is 3.86. The molecule has 4 N–H and O–H groups in total. The summed E-state index contributed by atoms with van der Waals surface area (Å²) in [6.45, 7) is 11.2. The number of nitrogens with two attached hydrogens (primary N) is 1. The molecule has 1 unspecified atom stereocenters. The van der Waals surface area contributed by atoms with Gasteiger partial charge in [-0.1, -0.05) is 40.2 Å². The number of halogens is 1. The van der Waals surface area contributed by atoms with E-state index in [-0.39, 0.29) is 24.2 Å². The minimum absolute atomic E-state index is 0. The highest BCUT2D eigenvalue weighted by Gasteiger charge is 2.27. The first kappa shape index (κ1) is 22.4. The highest BCUT2D eigenvalue weighted by molar-refractivity contribution is 5.99. The van der Waals surface area contributed by atoms with Gasteiger partial charge in [0.05, 0.1) is 5.54 Å². The van der Waals surface area contributed by atoms with Crippen LogP contribution in [0.4, 0.5) is 11.4 Å². The molecule has 1 aromatic rings. The predicted molar refractivity (Wildman–Crippen MR) is 103 cm³/mol. The number of benzene rings is 1. The quantitative estimate of drug-likeness (QED) is 0.749. The first-order chi connectivity index (χ1) is 10.5. The Hall–Kier alpha value is -1.59. The number of carbonyl (C=O) groups is 2. The normalized spacial score (nSPS) is 13.5. The second-order valence-corrected chi connectivity index (χ2v) is 7.36. The molecule has 1 atom stereocenters. The van der Waals surface area contributed by atoms with Crippen molar-refractivity contribution in [1.29, 1.82) is 0 Å². The lowest BCUT2D eigenvalue weighted by Gasteiger charge is -2.23. The van der Waals surface area contributed by atoms with E-state index >= 15 is 0 Å². The van der Waals surface area contributed by atoms with Crippen molar-refractivity contribution < 1.29 is 9.59 Å². The number of hydrogen-bond acceptors (Lipinski definition) is 3. The second-order valence-electron chi connectivity index (χ2n) is 7.36. The number of carbonyl (C=O) groups excluding carboxylic acids is 2. The van der Waals surface area contributed by atoms with Gasteiger partial charge in [-0.2, -0.15) is 0 Å². The van der Waals surface area contributed by atoms with E-state index in [4.69, 9.17) is 5.73 Å². The fourth-order valence-corrected chi connectivity index (χ4v) is 2.05. The number of aryl methyl sites for hydroxylation is 1. The van der Waals surface area contributed by atoms with Crippen LogP contribution in [0.1, 0.15) is 53.0 Å².